The van der Waals surface area contributed by atoms with Crippen molar-refractivity contribution in [1.82, 2.24) is 4.90 Å². The zero-order valence-corrected chi connectivity index (χ0v) is 12.1. The summed E-state index contributed by atoms with van der Waals surface area (Å²) in [7, 11) is 3.86. The van der Waals surface area contributed by atoms with Gasteiger partial charge in [0, 0.05) is 38.6 Å². The standard InChI is InChI=1S/C15H21N3O2/c1-17(2)13-8-6-7-12(11-13)16-14(19)15(20)18-9-4-3-5-10-18/h6-8,11H,3-5,9-10H2,1-2H3,(H,16,19). The molecule has 2 rings (SSSR count). The number of hydrogen-bond acceptors (Lipinski definition) is 3. The van der Waals surface area contributed by atoms with E-state index in [2.05, 4.69) is 5.32 Å². The molecule has 1 aliphatic heterocycles. The van der Waals surface area contributed by atoms with E-state index in [0.29, 0.717) is 18.8 Å². The fourth-order valence-electron chi connectivity index (χ4n) is 2.29. The molecular weight excluding hydrogens is 254 g/mol. The largest absolute Gasteiger partial charge is 0.378 e. The second kappa shape index (κ2) is 6.41. The van der Waals surface area contributed by atoms with Crippen LogP contribution in [-0.4, -0.2) is 43.9 Å². The highest BCUT2D eigenvalue weighted by Crippen LogP contribution is 2.17. The van der Waals surface area contributed by atoms with Crippen LogP contribution in [0.1, 0.15) is 19.3 Å². The summed E-state index contributed by atoms with van der Waals surface area (Å²) in [6, 6.07) is 7.44. The van der Waals surface area contributed by atoms with Crippen molar-refractivity contribution in [3.8, 4) is 0 Å². The molecule has 0 aromatic heterocycles. The molecule has 5 heteroatoms. The van der Waals surface area contributed by atoms with Crippen LogP contribution in [0.2, 0.25) is 0 Å². The molecule has 1 heterocycles. The zero-order chi connectivity index (χ0) is 14.5. The lowest BCUT2D eigenvalue weighted by Gasteiger charge is -2.26. The number of amides is 2. The molecule has 0 spiro atoms. The van der Waals surface area contributed by atoms with Crippen molar-refractivity contribution in [3.63, 3.8) is 0 Å². The predicted molar refractivity (Wildman–Crippen MR) is 79.8 cm³/mol. The third-order valence-electron chi connectivity index (χ3n) is 3.46. The molecule has 1 aromatic carbocycles. The van der Waals surface area contributed by atoms with Crippen LogP contribution in [-0.2, 0) is 9.59 Å². The first kappa shape index (κ1) is 14.4. The highest BCUT2D eigenvalue weighted by molar-refractivity contribution is 6.39. The summed E-state index contributed by atoms with van der Waals surface area (Å²) in [6.07, 6.45) is 3.10. The van der Waals surface area contributed by atoms with Gasteiger partial charge in [-0.2, -0.15) is 0 Å². The minimum Gasteiger partial charge on any atom is -0.378 e. The Morgan fingerprint density at radius 2 is 1.85 bits per heavy atom. The quantitative estimate of drug-likeness (QED) is 0.836. The van der Waals surface area contributed by atoms with Gasteiger partial charge in [-0.25, -0.2) is 0 Å². The molecule has 108 valence electrons. The van der Waals surface area contributed by atoms with Gasteiger partial charge in [0.15, 0.2) is 0 Å². The predicted octanol–water partition coefficient (Wildman–Crippen LogP) is 1.70. The minimum atomic E-state index is -0.553. The Bertz CT molecular complexity index is 494. The smallest absolute Gasteiger partial charge is 0.313 e. The summed E-state index contributed by atoms with van der Waals surface area (Å²) < 4.78 is 0. The van der Waals surface area contributed by atoms with Crippen LogP contribution in [0.3, 0.4) is 0 Å². The number of likely N-dealkylation sites (tertiary alicyclic amines) is 1. The summed E-state index contributed by atoms with van der Waals surface area (Å²) in [5, 5.41) is 2.68. The molecule has 0 atom stereocenters. The number of benzene rings is 1. The Morgan fingerprint density at radius 1 is 1.15 bits per heavy atom. The van der Waals surface area contributed by atoms with Crippen molar-refractivity contribution in [2.75, 3.05) is 37.4 Å². The Kier molecular flexibility index (Phi) is 4.61. The number of carbonyl (C=O) groups is 2. The van der Waals surface area contributed by atoms with E-state index in [4.69, 9.17) is 0 Å². The molecule has 1 saturated heterocycles. The Balaban J connectivity index is 2.00. The first-order valence-corrected chi connectivity index (χ1v) is 6.95. The third-order valence-corrected chi connectivity index (χ3v) is 3.46. The van der Waals surface area contributed by atoms with E-state index in [1.807, 2.05) is 37.2 Å². The van der Waals surface area contributed by atoms with Crippen LogP contribution in [0.4, 0.5) is 11.4 Å². The zero-order valence-electron chi connectivity index (χ0n) is 12.1. The Labute approximate surface area is 119 Å². The van der Waals surface area contributed by atoms with Crippen molar-refractivity contribution in [1.29, 1.82) is 0 Å². The van der Waals surface area contributed by atoms with E-state index in [9.17, 15) is 9.59 Å². The summed E-state index contributed by atoms with van der Waals surface area (Å²) >= 11 is 0. The van der Waals surface area contributed by atoms with E-state index >= 15 is 0 Å². The molecule has 1 N–H and O–H groups in total. The Hall–Kier alpha value is -2.04. The van der Waals surface area contributed by atoms with Gasteiger partial charge < -0.3 is 15.1 Å². The average molecular weight is 275 g/mol. The van der Waals surface area contributed by atoms with Gasteiger partial charge in [-0.15, -0.1) is 0 Å². The lowest BCUT2D eigenvalue weighted by Crippen LogP contribution is -2.42. The van der Waals surface area contributed by atoms with Gasteiger partial charge in [0.2, 0.25) is 0 Å². The van der Waals surface area contributed by atoms with Gasteiger partial charge in [-0.1, -0.05) is 6.07 Å². The highest BCUT2D eigenvalue weighted by Gasteiger charge is 2.23. The molecule has 5 nitrogen and oxygen atoms in total. The molecule has 0 saturated carbocycles. The van der Waals surface area contributed by atoms with Crippen LogP contribution >= 0.6 is 0 Å². The fraction of sp³-hybridized carbons (Fsp3) is 0.467. The van der Waals surface area contributed by atoms with Crippen molar-refractivity contribution in [2.24, 2.45) is 0 Å². The molecule has 1 aromatic rings. The Morgan fingerprint density at radius 3 is 2.50 bits per heavy atom. The van der Waals surface area contributed by atoms with E-state index in [0.717, 1.165) is 24.9 Å². The van der Waals surface area contributed by atoms with Crippen LogP contribution in [0.5, 0.6) is 0 Å². The SMILES string of the molecule is CN(C)c1cccc(NC(=O)C(=O)N2CCCCC2)c1. The first-order valence-electron chi connectivity index (χ1n) is 6.95. The number of carbonyl (C=O) groups excluding carboxylic acids is 2. The van der Waals surface area contributed by atoms with E-state index < -0.39 is 11.8 Å². The number of hydrogen-bond donors (Lipinski definition) is 1. The monoisotopic (exact) mass is 275 g/mol. The molecule has 2 amide bonds. The van der Waals surface area contributed by atoms with Gasteiger partial charge >= 0.3 is 11.8 Å². The summed E-state index contributed by atoms with van der Waals surface area (Å²) in [5.74, 6) is -0.984. The van der Waals surface area contributed by atoms with Crippen molar-refractivity contribution < 1.29 is 9.59 Å². The lowest BCUT2D eigenvalue weighted by atomic mass is 10.1. The van der Waals surface area contributed by atoms with Crippen LogP contribution in [0.25, 0.3) is 0 Å². The van der Waals surface area contributed by atoms with Gasteiger partial charge in [0.1, 0.15) is 0 Å². The van der Waals surface area contributed by atoms with Gasteiger partial charge in [-0.05, 0) is 37.5 Å². The van der Waals surface area contributed by atoms with Crippen molar-refractivity contribution in [3.05, 3.63) is 24.3 Å². The third kappa shape index (κ3) is 3.50. The number of nitrogens with zero attached hydrogens (tertiary/aromatic N) is 2. The van der Waals surface area contributed by atoms with Crippen molar-refractivity contribution in [2.45, 2.75) is 19.3 Å². The van der Waals surface area contributed by atoms with E-state index in [1.165, 1.54) is 0 Å². The molecule has 0 radical (unpaired) electrons. The number of rotatable bonds is 2. The molecule has 0 bridgehead atoms. The van der Waals surface area contributed by atoms with Gasteiger partial charge in [0.05, 0.1) is 0 Å². The molecular formula is C15H21N3O2. The van der Waals surface area contributed by atoms with Crippen LogP contribution in [0, 0.1) is 0 Å². The summed E-state index contributed by atoms with van der Waals surface area (Å²) in [6.45, 7) is 1.37. The molecule has 1 fully saturated rings. The second-order valence-corrected chi connectivity index (χ2v) is 5.25. The van der Waals surface area contributed by atoms with Gasteiger partial charge in [0.25, 0.3) is 0 Å². The average Bonchev–Trinajstić information content (AvgIpc) is 2.47. The maximum Gasteiger partial charge on any atom is 0.313 e. The maximum absolute atomic E-state index is 12.0. The normalized spacial score (nSPS) is 14.8. The highest BCUT2D eigenvalue weighted by atomic mass is 16.2. The molecule has 20 heavy (non-hydrogen) atoms. The number of piperidine rings is 1. The number of nitrogens with one attached hydrogen (secondary N) is 1. The van der Waals surface area contributed by atoms with E-state index in [-0.39, 0.29) is 0 Å². The molecule has 0 aliphatic carbocycles. The van der Waals surface area contributed by atoms with Crippen molar-refractivity contribution >= 4 is 23.2 Å². The van der Waals surface area contributed by atoms with Gasteiger partial charge in [-0.3, -0.25) is 9.59 Å². The summed E-state index contributed by atoms with van der Waals surface area (Å²) in [4.78, 5) is 27.6. The van der Waals surface area contributed by atoms with E-state index in [1.54, 1.807) is 11.0 Å². The topological polar surface area (TPSA) is 52.7 Å². The molecule has 0 unspecified atom stereocenters. The fourth-order valence-corrected chi connectivity index (χ4v) is 2.29. The van der Waals surface area contributed by atoms with Crippen LogP contribution in [0.15, 0.2) is 24.3 Å². The summed E-state index contributed by atoms with van der Waals surface area (Å²) in [5.41, 5.74) is 1.62. The minimum absolute atomic E-state index is 0.431. The first-order chi connectivity index (χ1) is 9.58. The molecule has 1 aliphatic rings. The lowest BCUT2D eigenvalue weighted by molar-refractivity contribution is -0.143. The number of anilines is 2. The second-order valence-electron chi connectivity index (χ2n) is 5.25. The maximum atomic E-state index is 12.0. The van der Waals surface area contributed by atoms with Crippen LogP contribution < -0.4 is 10.2 Å².